The highest BCUT2D eigenvalue weighted by Gasteiger charge is 2.51. The van der Waals surface area contributed by atoms with Gasteiger partial charge in [0.15, 0.2) is 0 Å². The molecular formula is C29H26F3NO4. The summed E-state index contributed by atoms with van der Waals surface area (Å²) in [5, 5.41) is 11.5. The van der Waals surface area contributed by atoms with E-state index in [4.69, 9.17) is 4.74 Å². The first-order valence-corrected chi connectivity index (χ1v) is 12.4. The summed E-state index contributed by atoms with van der Waals surface area (Å²) in [5.74, 6) is -0.420. The number of rotatable bonds is 4. The topological polar surface area (TPSA) is 59.0 Å². The van der Waals surface area contributed by atoms with E-state index in [2.05, 4.69) is 29.0 Å². The lowest BCUT2D eigenvalue weighted by molar-refractivity contribution is -0.274. The van der Waals surface area contributed by atoms with Crippen LogP contribution in [0.5, 0.6) is 5.75 Å². The minimum absolute atomic E-state index is 0.0490. The quantitative estimate of drug-likeness (QED) is 0.445. The molecule has 1 aliphatic carbocycles. The maximum Gasteiger partial charge on any atom is 0.573 e. The van der Waals surface area contributed by atoms with Crippen molar-refractivity contribution < 1.29 is 32.5 Å². The molecule has 0 saturated carbocycles. The van der Waals surface area contributed by atoms with E-state index in [1.807, 2.05) is 24.3 Å². The summed E-state index contributed by atoms with van der Waals surface area (Å²) < 4.78 is 48.0. The molecule has 1 N–H and O–H groups in total. The number of benzene rings is 3. The lowest BCUT2D eigenvalue weighted by Gasteiger charge is -2.43. The van der Waals surface area contributed by atoms with E-state index >= 15 is 0 Å². The molecule has 2 aliphatic heterocycles. The maximum atomic E-state index is 13.3. The molecule has 3 aromatic rings. The highest BCUT2D eigenvalue weighted by molar-refractivity contribution is 5.79. The molecule has 2 unspecified atom stereocenters. The smallest absolute Gasteiger partial charge is 0.448 e. The van der Waals surface area contributed by atoms with Crippen LogP contribution < -0.4 is 4.74 Å². The van der Waals surface area contributed by atoms with E-state index in [9.17, 15) is 23.1 Å². The predicted molar refractivity (Wildman–Crippen MR) is 130 cm³/mol. The number of carbonyl (C=O) groups is 1. The van der Waals surface area contributed by atoms with Crippen molar-refractivity contribution in [3.8, 4) is 16.9 Å². The Balaban J connectivity index is 1.16. The van der Waals surface area contributed by atoms with Crippen molar-refractivity contribution in [2.24, 2.45) is 0 Å². The zero-order valence-electron chi connectivity index (χ0n) is 19.9. The maximum absolute atomic E-state index is 13.3. The third-order valence-electron chi connectivity index (χ3n) is 7.92. The van der Waals surface area contributed by atoms with Crippen LogP contribution in [0.1, 0.15) is 48.3 Å². The van der Waals surface area contributed by atoms with Gasteiger partial charge in [0.2, 0.25) is 0 Å². The second kappa shape index (κ2) is 8.80. The summed E-state index contributed by atoms with van der Waals surface area (Å²) in [7, 11) is 0. The standard InChI is InChI=1S/C29H26F3NO4/c30-29(31,32)37-21-7-5-6-18(14-21)28(35)15-19-12-13-20(16-28)33(19)27(34)36-17-26-24-10-3-1-8-22(24)23-9-2-4-11-25(23)26/h1-11,14,19-20,26,35H,12-13,15-17H2. The summed E-state index contributed by atoms with van der Waals surface area (Å²) in [6.07, 6.45) is -3.36. The highest BCUT2D eigenvalue weighted by Crippen LogP contribution is 2.48. The van der Waals surface area contributed by atoms with Crippen LogP contribution in [-0.4, -0.2) is 41.2 Å². The molecule has 3 aliphatic rings. The molecule has 2 atom stereocenters. The molecule has 2 fully saturated rings. The molecule has 2 bridgehead atoms. The average molecular weight is 510 g/mol. The number of hydrogen-bond acceptors (Lipinski definition) is 4. The van der Waals surface area contributed by atoms with Gasteiger partial charge in [0, 0.05) is 30.8 Å². The predicted octanol–water partition coefficient (Wildman–Crippen LogP) is 6.35. The number of aliphatic hydroxyl groups is 1. The number of halogens is 3. The van der Waals surface area contributed by atoms with Crippen molar-refractivity contribution in [3.63, 3.8) is 0 Å². The molecule has 1 amide bonds. The number of nitrogens with zero attached hydrogens (tertiary/aromatic N) is 1. The van der Waals surface area contributed by atoms with Gasteiger partial charge in [0.05, 0.1) is 5.60 Å². The zero-order chi connectivity index (χ0) is 25.8. The number of carbonyl (C=O) groups excluding carboxylic acids is 1. The number of fused-ring (bicyclic) bond motifs is 5. The normalized spacial score (nSPS) is 24.5. The van der Waals surface area contributed by atoms with Crippen molar-refractivity contribution in [3.05, 3.63) is 89.5 Å². The van der Waals surface area contributed by atoms with Gasteiger partial charge in [-0.15, -0.1) is 13.2 Å². The third kappa shape index (κ3) is 4.33. The molecule has 192 valence electrons. The highest BCUT2D eigenvalue weighted by atomic mass is 19.4. The van der Waals surface area contributed by atoms with Crippen LogP contribution in [0.3, 0.4) is 0 Å². The fraction of sp³-hybridized carbons (Fsp3) is 0.345. The zero-order valence-corrected chi connectivity index (χ0v) is 19.9. The van der Waals surface area contributed by atoms with Crippen molar-refractivity contribution in [2.45, 2.75) is 55.6 Å². The lowest BCUT2D eigenvalue weighted by atomic mass is 9.80. The molecule has 37 heavy (non-hydrogen) atoms. The van der Waals surface area contributed by atoms with Crippen molar-refractivity contribution in [2.75, 3.05) is 6.61 Å². The van der Waals surface area contributed by atoms with Crippen LogP contribution in [-0.2, 0) is 10.3 Å². The minimum atomic E-state index is -4.81. The van der Waals surface area contributed by atoms with Gasteiger partial charge in [-0.1, -0.05) is 60.7 Å². The number of amides is 1. The van der Waals surface area contributed by atoms with E-state index in [0.29, 0.717) is 18.4 Å². The second-order valence-electron chi connectivity index (χ2n) is 10.1. The van der Waals surface area contributed by atoms with Crippen LogP contribution in [0.2, 0.25) is 0 Å². The Morgan fingerprint density at radius 1 is 0.919 bits per heavy atom. The summed E-state index contributed by atoms with van der Waals surface area (Å²) in [6.45, 7) is 0.212. The summed E-state index contributed by atoms with van der Waals surface area (Å²) in [4.78, 5) is 15.0. The first-order valence-electron chi connectivity index (χ1n) is 12.4. The van der Waals surface area contributed by atoms with Crippen molar-refractivity contribution >= 4 is 6.09 Å². The Hall–Kier alpha value is -3.52. The van der Waals surface area contributed by atoms with Gasteiger partial charge in [-0.05, 0) is 52.8 Å². The van der Waals surface area contributed by atoms with Gasteiger partial charge < -0.3 is 19.5 Å². The van der Waals surface area contributed by atoms with Crippen LogP contribution >= 0.6 is 0 Å². The Labute approximate surface area is 212 Å². The second-order valence-corrected chi connectivity index (χ2v) is 10.1. The summed E-state index contributed by atoms with van der Waals surface area (Å²) in [5.41, 5.74) is 3.58. The first kappa shape index (κ1) is 23.9. The minimum Gasteiger partial charge on any atom is -0.448 e. The molecule has 0 spiro atoms. The molecule has 2 heterocycles. The Morgan fingerprint density at radius 2 is 1.51 bits per heavy atom. The molecule has 6 rings (SSSR count). The Morgan fingerprint density at radius 3 is 2.11 bits per heavy atom. The van der Waals surface area contributed by atoms with E-state index in [0.717, 1.165) is 22.3 Å². The fourth-order valence-electron chi connectivity index (χ4n) is 6.41. The Bertz CT molecular complexity index is 1280. The van der Waals surface area contributed by atoms with Gasteiger partial charge in [-0.2, -0.15) is 0 Å². The fourth-order valence-corrected chi connectivity index (χ4v) is 6.41. The molecule has 2 saturated heterocycles. The molecule has 3 aromatic carbocycles. The lowest BCUT2D eigenvalue weighted by Crippen LogP contribution is -2.52. The third-order valence-corrected chi connectivity index (χ3v) is 7.92. The first-order chi connectivity index (χ1) is 17.7. The van der Waals surface area contributed by atoms with Crippen LogP contribution in [0.15, 0.2) is 72.8 Å². The molecular weight excluding hydrogens is 483 g/mol. The summed E-state index contributed by atoms with van der Waals surface area (Å²) >= 11 is 0. The van der Waals surface area contributed by atoms with Gasteiger partial charge in [0.1, 0.15) is 12.4 Å². The number of ether oxygens (including phenoxy) is 2. The molecule has 8 heteroatoms. The van der Waals surface area contributed by atoms with E-state index in [1.165, 1.54) is 18.2 Å². The van der Waals surface area contributed by atoms with Gasteiger partial charge in [0.25, 0.3) is 0 Å². The largest absolute Gasteiger partial charge is 0.573 e. The molecule has 0 aromatic heterocycles. The van der Waals surface area contributed by atoms with Crippen LogP contribution in [0.4, 0.5) is 18.0 Å². The van der Waals surface area contributed by atoms with E-state index in [1.54, 1.807) is 11.0 Å². The van der Waals surface area contributed by atoms with Gasteiger partial charge in [-0.25, -0.2) is 4.79 Å². The number of piperidine rings is 1. The van der Waals surface area contributed by atoms with Crippen LogP contribution in [0, 0.1) is 0 Å². The monoisotopic (exact) mass is 509 g/mol. The number of alkyl halides is 3. The number of hydrogen-bond donors (Lipinski definition) is 1. The van der Waals surface area contributed by atoms with Gasteiger partial charge in [-0.3, -0.25) is 0 Å². The average Bonchev–Trinajstić information content (AvgIpc) is 3.34. The molecule has 5 nitrogen and oxygen atoms in total. The van der Waals surface area contributed by atoms with Gasteiger partial charge >= 0.3 is 12.5 Å². The van der Waals surface area contributed by atoms with Crippen molar-refractivity contribution in [1.82, 2.24) is 4.90 Å². The summed E-state index contributed by atoms with van der Waals surface area (Å²) in [6, 6.07) is 21.2. The Kier molecular flexibility index (Phi) is 5.67. The molecule has 0 radical (unpaired) electrons. The SMILES string of the molecule is O=C(OCC1c2ccccc2-c2ccccc21)N1C2CCC1CC(O)(c1cccc(OC(F)(F)F)c1)C2. The van der Waals surface area contributed by atoms with E-state index in [-0.39, 0.29) is 43.2 Å². The van der Waals surface area contributed by atoms with Crippen LogP contribution in [0.25, 0.3) is 11.1 Å². The van der Waals surface area contributed by atoms with Crippen molar-refractivity contribution in [1.29, 1.82) is 0 Å². The van der Waals surface area contributed by atoms with E-state index < -0.39 is 18.1 Å².